The van der Waals surface area contributed by atoms with E-state index in [1.165, 1.54) is 12.1 Å². The average molecular weight is 303 g/mol. The van der Waals surface area contributed by atoms with E-state index < -0.39 is 0 Å². The molecule has 0 amide bonds. The Kier molecular flexibility index (Phi) is 7.44. The van der Waals surface area contributed by atoms with Gasteiger partial charge in [0.15, 0.2) is 0 Å². The Balaban J connectivity index is 0.00000116. The molecule has 120 valence electrons. The topological polar surface area (TPSA) is 35.2 Å². The molecule has 2 aromatic carbocycles. The molecule has 0 spiro atoms. The second-order valence-electron chi connectivity index (χ2n) is 4.74. The summed E-state index contributed by atoms with van der Waals surface area (Å²) in [6, 6.07) is 10.2. The molecule has 0 atom stereocenters. The van der Waals surface area contributed by atoms with Gasteiger partial charge in [-0.1, -0.05) is 39.8 Å². The number of ether oxygens (including phenoxy) is 1. The van der Waals surface area contributed by atoms with Crippen LogP contribution in [0.15, 0.2) is 36.4 Å². The number of halogens is 1. The highest BCUT2D eigenvalue weighted by Crippen LogP contribution is 2.29. The fourth-order valence-electron chi connectivity index (χ4n) is 2.42. The molecule has 0 saturated heterocycles. The van der Waals surface area contributed by atoms with Gasteiger partial charge in [-0.3, -0.25) is 0 Å². The van der Waals surface area contributed by atoms with E-state index in [1.807, 2.05) is 32.0 Å². The van der Waals surface area contributed by atoms with E-state index in [9.17, 15) is 4.39 Å². The van der Waals surface area contributed by atoms with Crippen LogP contribution >= 0.6 is 0 Å². The number of nitrogens with two attached hydrogens (primary N) is 1. The van der Waals surface area contributed by atoms with E-state index in [4.69, 9.17) is 10.5 Å². The lowest BCUT2D eigenvalue weighted by atomic mass is 10.00. The van der Waals surface area contributed by atoms with Crippen molar-refractivity contribution < 1.29 is 9.13 Å². The SMILES string of the molecule is CC.CCc1c(N)ccc(OCc2cccc(F)c2)c1CC. The highest BCUT2D eigenvalue weighted by atomic mass is 19.1. The number of anilines is 1. The molecule has 0 aliphatic heterocycles. The number of benzene rings is 2. The van der Waals surface area contributed by atoms with Crippen molar-refractivity contribution in [2.45, 2.75) is 47.1 Å². The van der Waals surface area contributed by atoms with Crippen molar-refractivity contribution in [3.8, 4) is 5.75 Å². The summed E-state index contributed by atoms with van der Waals surface area (Å²) in [5.41, 5.74) is 9.91. The van der Waals surface area contributed by atoms with Gasteiger partial charge in [-0.15, -0.1) is 0 Å². The van der Waals surface area contributed by atoms with Gasteiger partial charge in [0.1, 0.15) is 18.2 Å². The summed E-state index contributed by atoms with van der Waals surface area (Å²) in [5, 5.41) is 0. The monoisotopic (exact) mass is 303 g/mol. The molecular weight excluding hydrogens is 277 g/mol. The number of hydrogen-bond acceptors (Lipinski definition) is 2. The molecule has 0 fully saturated rings. The zero-order chi connectivity index (χ0) is 16.5. The van der Waals surface area contributed by atoms with E-state index in [0.717, 1.165) is 41.0 Å². The van der Waals surface area contributed by atoms with Crippen molar-refractivity contribution in [2.24, 2.45) is 0 Å². The lowest BCUT2D eigenvalue weighted by Gasteiger charge is -2.16. The third kappa shape index (κ3) is 4.48. The maximum Gasteiger partial charge on any atom is 0.123 e. The van der Waals surface area contributed by atoms with Crippen LogP contribution in [0.3, 0.4) is 0 Å². The molecule has 2 nitrogen and oxygen atoms in total. The van der Waals surface area contributed by atoms with Gasteiger partial charge in [-0.05, 0) is 53.8 Å². The van der Waals surface area contributed by atoms with Gasteiger partial charge in [0.05, 0.1) is 0 Å². The molecule has 0 radical (unpaired) electrons. The normalized spacial score (nSPS) is 9.86. The second kappa shape index (κ2) is 9.08. The predicted octanol–water partition coefficient (Wildman–Crippen LogP) is 5.14. The largest absolute Gasteiger partial charge is 0.489 e. The lowest BCUT2D eigenvalue weighted by Crippen LogP contribution is -2.04. The summed E-state index contributed by atoms with van der Waals surface area (Å²) in [5.74, 6) is 0.594. The minimum absolute atomic E-state index is 0.242. The van der Waals surface area contributed by atoms with Gasteiger partial charge in [0, 0.05) is 5.69 Å². The molecule has 0 saturated carbocycles. The fraction of sp³-hybridized carbons (Fsp3) is 0.368. The van der Waals surface area contributed by atoms with Crippen molar-refractivity contribution in [3.05, 3.63) is 58.9 Å². The zero-order valence-electron chi connectivity index (χ0n) is 13.9. The van der Waals surface area contributed by atoms with Gasteiger partial charge in [-0.25, -0.2) is 4.39 Å². The summed E-state index contributed by atoms with van der Waals surface area (Å²) >= 11 is 0. The van der Waals surface area contributed by atoms with Gasteiger partial charge >= 0.3 is 0 Å². The van der Waals surface area contributed by atoms with E-state index in [2.05, 4.69) is 13.8 Å². The molecule has 2 rings (SSSR count). The molecule has 0 bridgehead atoms. The van der Waals surface area contributed by atoms with Gasteiger partial charge in [-0.2, -0.15) is 0 Å². The lowest BCUT2D eigenvalue weighted by molar-refractivity contribution is 0.302. The van der Waals surface area contributed by atoms with E-state index in [-0.39, 0.29) is 5.82 Å². The van der Waals surface area contributed by atoms with Crippen LogP contribution in [-0.4, -0.2) is 0 Å². The highest BCUT2D eigenvalue weighted by Gasteiger charge is 2.10. The summed E-state index contributed by atoms with van der Waals surface area (Å²) in [4.78, 5) is 0. The first kappa shape index (κ1) is 18.0. The van der Waals surface area contributed by atoms with Gasteiger partial charge < -0.3 is 10.5 Å². The summed E-state index contributed by atoms with van der Waals surface area (Å²) in [6.45, 7) is 8.53. The summed E-state index contributed by atoms with van der Waals surface area (Å²) < 4.78 is 19.0. The molecular formula is C19H26FNO. The number of rotatable bonds is 5. The molecule has 0 heterocycles. The minimum atomic E-state index is -0.242. The van der Waals surface area contributed by atoms with Crippen LogP contribution in [0.25, 0.3) is 0 Å². The average Bonchev–Trinajstić information content (AvgIpc) is 2.55. The van der Waals surface area contributed by atoms with Crippen LogP contribution in [0.5, 0.6) is 5.75 Å². The maximum atomic E-state index is 13.1. The van der Waals surface area contributed by atoms with Crippen LogP contribution < -0.4 is 10.5 Å². The molecule has 0 aromatic heterocycles. The van der Waals surface area contributed by atoms with Crippen molar-refractivity contribution in [1.82, 2.24) is 0 Å². The van der Waals surface area contributed by atoms with Crippen molar-refractivity contribution >= 4 is 5.69 Å². The third-order valence-electron chi connectivity index (χ3n) is 3.41. The Bertz CT molecular complexity index is 596. The quantitative estimate of drug-likeness (QED) is 0.776. The smallest absolute Gasteiger partial charge is 0.123 e. The fourth-order valence-corrected chi connectivity index (χ4v) is 2.42. The first-order chi connectivity index (χ1) is 10.7. The van der Waals surface area contributed by atoms with E-state index >= 15 is 0 Å². The molecule has 3 heteroatoms. The molecule has 0 aliphatic rings. The molecule has 2 N–H and O–H groups in total. The Labute approximate surface area is 133 Å². The van der Waals surface area contributed by atoms with E-state index in [1.54, 1.807) is 6.07 Å². The van der Waals surface area contributed by atoms with Crippen LogP contribution in [0.2, 0.25) is 0 Å². The number of hydrogen-bond donors (Lipinski definition) is 1. The minimum Gasteiger partial charge on any atom is -0.489 e. The van der Waals surface area contributed by atoms with Gasteiger partial charge in [0.25, 0.3) is 0 Å². The first-order valence-electron chi connectivity index (χ1n) is 7.93. The predicted molar refractivity (Wildman–Crippen MR) is 91.7 cm³/mol. The number of nitrogen functional groups attached to an aromatic ring is 1. The van der Waals surface area contributed by atoms with Crippen molar-refractivity contribution in [2.75, 3.05) is 5.73 Å². The summed E-state index contributed by atoms with van der Waals surface area (Å²) in [6.07, 6.45) is 1.75. The van der Waals surface area contributed by atoms with E-state index in [0.29, 0.717) is 6.61 Å². The highest BCUT2D eigenvalue weighted by molar-refractivity contribution is 5.56. The van der Waals surface area contributed by atoms with Crippen LogP contribution in [-0.2, 0) is 19.4 Å². The standard InChI is InChI=1S/C17H20FNO.C2H6/c1-3-14-15(4-2)17(9-8-16(14)19)20-11-12-6-5-7-13(18)10-12;1-2/h5-10H,3-4,11,19H2,1-2H3;1-2H3. The third-order valence-corrected chi connectivity index (χ3v) is 3.41. The van der Waals surface area contributed by atoms with Crippen molar-refractivity contribution in [1.29, 1.82) is 0 Å². The Morgan fingerprint density at radius 2 is 1.68 bits per heavy atom. The molecule has 0 aliphatic carbocycles. The van der Waals surface area contributed by atoms with Crippen LogP contribution in [0.4, 0.5) is 10.1 Å². The zero-order valence-corrected chi connectivity index (χ0v) is 13.9. The van der Waals surface area contributed by atoms with Crippen LogP contribution in [0.1, 0.15) is 44.4 Å². The Morgan fingerprint density at radius 1 is 1.00 bits per heavy atom. The Hall–Kier alpha value is -2.03. The van der Waals surface area contributed by atoms with Gasteiger partial charge in [0.2, 0.25) is 0 Å². The Morgan fingerprint density at radius 3 is 2.27 bits per heavy atom. The molecule has 22 heavy (non-hydrogen) atoms. The van der Waals surface area contributed by atoms with Crippen LogP contribution in [0, 0.1) is 5.82 Å². The second-order valence-corrected chi connectivity index (χ2v) is 4.74. The van der Waals surface area contributed by atoms with Crippen molar-refractivity contribution in [3.63, 3.8) is 0 Å². The first-order valence-corrected chi connectivity index (χ1v) is 7.93. The molecule has 2 aromatic rings. The molecule has 0 unspecified atom stereocenters. The maximum absolute atomic E-state index is 13.1. The summed E-state index contributed by atoms with van der Waals surface area (Å²) in [7, 11) is 0.